The fourth-order valence-electron chi connectivity index (χ4n) is 3.77. The van der Waals surface area contributed by atoms with Gasteiger partial charge in [0.05, 0.1) is 31.3 Å². The summed E-state index contributed by atoms with van der Waals surface area (Å²) >= 11 is 0. The van der Waals surface area contributed by atoms with Crippen LogP contribution in [0.15, 0.2) is 72.2 Å². The maximum Gasteiger partial charge on any atom is 0.160 e. The van der Waals surface area contributed by atoms with Gasteiger partial charge in [-0.25, -0.2) is 23.8 Å². The Morgan fingerprint density at radius 2 is 1.94 bits per heavy atom. The quantitative estimate of drug-likeness (QED) is 0.536. The SMILES string of the molecule is Fc1ccc(N2C=CCC(Cc3cccc(-c4ncc(OC5CCOC5)cn4)c3)=N2)cc1F. The van der Waals surface area contributed by atoms with Crippen LogP contribution in [0.25, 0.3) is 11.4 Å². The zero-order valence-electron chi connectivity index (χ0n) is 17.8. The second-order valence-corrected chi connectivity index (χ2v) is 7.92. The smallest absolute Gasteiger partial charge is 0.160 e. The van der Waals surface area contributed by atoms with Gasteiger partial charge in [0.2, 0.25) is 0 Å². The number of benzene rings is 2. The molecule has 1 unspecified atom stereocenters. The van der Waals surface area contributed by atoms with Crippen LogP contribution in [0.1, 0.15) is 18.4 Å². The first-order valence-electron chi connectivity index (χ1n) is 10.8. The highest BCUT2D eigenvalue weighted by Crippen LogP contribution is 2.23. The van der Waals surface area contributed by atoms with Crippen LogP contribution in [-0.4, -0.2) is 35.0 Å². The summed E-state index contributed by atoms with van der Waals surface area (Å²) in [4.78, 5) is 8.91. The van der Waals surface area contributed by atoms with Crippen molar-refractivity contribution in [1.82, 2.24) is 9.97 Å². The third kappa shape index (κ3) is 5.06. The van der Waals surface area contributed by atoms with Gasteiger partial charge in [0, 0.05) is 42.8 Å². The Balaban J connectivity index is 1.29. The fraction of sp³-hybridized carbons (Fsp3) is 0.240. The van der Waals surface area contributed by atoms with Crippen LogP contribution in [0.4, 0.5) is 14.5 Å². The number of anilines is 1. The molecule has 2 aromatic carbocycles. The predicted molar refractivity (Wildman–Crippen MR) is 121 cm³/mol. The Labute approximate surface area is 190 Å². The van der Waals surface area contributed by atoms with Crippen molar-refractivity contribution in [2.45, 2.75) is 25.4 Å². The molecule has 5 rings (SSSR count). The molecule has 0 radical (unpaired) electrons. The lowest BCUT2D eigenvalue weighted by atomic mass is 10.0. The van der Waals surface area contributed by atoms with E-state index in [1.807, 2.05) is 30.3 Å². The number of nitrogens with zero attached hydrogens (tertiary/aromatic N) is 4. The first-order valence-corrected chi connectivity index (χ1v) is 10.8. The van der Waals surface area contributed by atoms with Gasteiger partial charge in [0.15, 0.2) is 23.2 Å². The Morgan fingerprint density at radius 3 is 2.73 bits per heavy atom. The molecule has 0 amide bonds. The zero-order valence-corrected chi connectivity index (χ0v) is 17.8. The molecule has 6 nitrogen and oxygen atoms in total. The number of aromatic nitrogens is 2. The monoisotopic (exact) mass is 448 g/mol. The van der Waals surface area contributed by atoms with Crippen LogP contribution in [0.3, 0.4) is 0 Å². The Hall–Kier alpha value is -3.65. The van der Waals surface area contributed by atoms with Gasteiger partial charge in [0.1, 0.15) is 6.10 Å². The van der Waals surface area contributed by atoms with E-state index in [-0.39, 0.29) is 6.10 Å². The van der Waals surface area contributed by atoms with E-state index in [2.05, 4.69) is 15.1 Å². The standard InChI is InChI=1S/C25H22F2N4O2/c26-23-7-6-20(13-24(23)27)31-9-2-5-19(30-31)12-17-3-1-4-18(11-17)25-28-14-22(15-29-25)33-21-8-10-32-16-21/h1-4,6-7,9,11,13-15,21H,5,8,10,12,16H2. The summed E-state index contributed by atoms with van der Waals surface area (Å²) < 4.78 is 38.0. The second kappa shape index (κ2) is 9.46. The van der Waals surface area contributed by atoms with Crippen LogP contribution in [0.5, 0.6) is 5.75 Å². The van der Waals surface area contributed by atoms with E-state index in [1.54, 1.807) is 23.6 Å². The van der Waals surface area contributed by atoms with Crippen molar-refractivity contribution in [1.29, 1.82) is 0 Å². The van der Waals surface area contributed by atoms with Crippen LogP contribution < -0.4 is 9.75 Å². The Bertz CT molecular complexity index is 1190. The highest BCUT2D eigenvalue weighted by molar-refractivity contribution is 5.90. The molecule has 0 N–H and O–H groups in total. The molecule has 1 atom stereocenters. The van der Waals surface area contributed by atoms with Gasteiger partial charge in [-0.2, -0.15) is 5.10 Å². The van der Waals surface area contributed by atoms with Gasteiger partial charge in [-0.3, -0.25) is 0 Å². The summed E-state index contributed by atoms with van der Waals surface area (Å²) in [6, 6.07) is 11.7. The number of rotatable bonds is 6. The number of hydrogen-bond donors (Lipinski definition) is 0. The van der Waals surface area contributed by atoms with E-state index in [1.165, 1.54) is 6.07 Å². The highest BCUT2D eigenvalue weighted by Gasteiger charge is 2.17. The van der Waals surface area contributed by atoms with Crippen molar-refractivity contribution in [3.63, 3.8) is 0 Å². The summed E-state index contributed by atoms with van der Waals surface area (Å²) in [7, 11) is 0. The average Bonchev–Trinajstić information content (AvgIpc) is 3.35. The minimum absolute atomic E-state index is 0.0547. The maximum absolute atomic E-state index is 13.6. The van der Waals surface area contributed by atoms with Gasteiger partial charge < -0.3 is 9.47 Å². The van der Waals surface area contributed by atoms with E-state index in [0.29, 0.717) is 36.7 Å². The van der Waals surface area contributed by atoms with Gasteiger partial charge in [-0.05, 0) is 23.8 Å². The minimum Gasteiger partial charge on any atom is -0.485 e. The molecular weight excluding hydrogens is 426 g/mol. The molecular formula is C25H22F2N4O2. The molecule has 0 bridgehead atoms. The lowest BCUT2D eigenvalue weighted by Crippen LogP contribution is -2.18. The van der Waals surface area contributed by atoms with Crippen molar-refractivity contribution in [2.75, 3.05) is 18.2 Å². The molecule has 33 heavy (non-hydrogen) atoms. The van der Waals surface area contributed by atoms with Gasteiger partial charge >= 0.3 is 0 Å². The second-order valence-electron chi connectivity index (χ2n) is 7.92. The molecule has 168 valence electrons. The number of hydrogen-bond acceptors (Lipinski definition) is 6. The number of hydrazone groups is 1. The molecule has 1 aromatic heterocycles. The molecule has 1 saturated heterocycles. The molecule has 2 aliphatic rings. The van der Waals surface area contributed by atoms with E-state index in [9.17, 15) is 8.78 Å². The molecule has 3 heterocycles. The van der Waals surface area contributed by atoms with E-state index >= 15 is 0 Å². The topological polar surface area (TPSA) is 59.8 Å². The summed E-state index contributed by atoms with van der Waals surface area (Å²) in [5.41, 5.74) is 3.32. The largest absolute Gasteiger partial charge is 0.485 e. The van der Waals surface area contributed by atoms with E-state index < -0.39 is 11.6 Å². The Morgan fingerprint density at radius 1 is 1.06 bits per heavy atom. The van der Waals surface area contributed by atoms with Crippen molar-refractivity contribution in [2.24, 2.45) is 5.10 Å². The van der Waals surface area contributed by atoms with E-state index in [4.69, 9.17) is 9.47 Å². The molecule has 0 aliphatic carbocycles. The zero-order chi connectivity index (χ0) is 22.6. The highest BCUT2D eigenvalue weighted by atomic mass is 19.2. The molecule has 0 saturated carbocycles. The van der Waals surface area contributed by atoms with Crippen LogP contribution >= 0.6 is 0 Å². The van der Waals surface area contributed by atoms with Crippen molar-refractivity contribution < 1.29 is 18.3 Å². The van der Waals surface area contributed by atoms with Gasteiger partial charge in [-0.15, -0.1) is 0 Å². The summed E-state index contributed by atoms with van der Waals surface area (Å²) in [5.74, 6) is -0.536. The molecule has 0 spiro atoms. The van der Waals surface area contributed by atoms with Crippen LogP contribution in [0.2, 0.25) is 0 Å². The Kier molecular flexibility index (Phi) is 6.08. The third-order valence-electron chi connectivity index (χ3n) is 5.43. The molecule has 3 aromatic rings. The van der Waals surface area contributed by atoms with Gasteiger partial charge in [0.25, 0.3) is 0 Å². The van der Waals surface area contributed by atoms with Crippen molar-refractivity contribution >= 4 is 11.4 Å². The predicted octanol–water partition coefficient (Wildman–Crippen LogP) is 4.91. The minimum atomic E-state index is -0.899. The van der Waals surface area contributed by atoms with Crippen molar-refractivity contribution in [3.8, 4) is 17.1 Å². The van der Waals surface area contributed by atoms with Crippen LogP contribution in [0, 0.1) is 11.6 Å². The van der Waals surface area contributed by atoms with E-state index in [0.717, 1.165) is 42.0 Å². The third-order valence-corrected chi connectivity index (χ3v) is 5.43. The lowest BCUT2D eigenvalue weighted by Gasteiger charge is -2.20. The average molecular weight is 448 g/mol. The number of halogens is 2. The number of allylic oxidation sites excluding steroid dienone is 1. The first kappa shape index (κ1) is 21.2. The normalized spacial score (nSPS) is 17.8. The molecule has 1 fully saturated rings. The van der Waals surface area contributed by atoms with Crippen LogP contribution in [-0.2, 0) is 11.2 Å². The summed E-state index contributed by atoms with van der Waals surface area (Å²) in [6.07, 6.45) is 9.28. The summed E-state index contributed by atoms with van der Waals surface area (Å²) in [5, 5.41) is 6.15. The number of ether oxygens (including phenoxy) is 2. The lowest BCUT2D eigenvalue weighted by molar-refractivity contribution is 0.141. The fourth-order valence-corrected chi connectivity index (χ4v) is 3.77. The maximum atomic E-state index is 13.6. The molecule has 2 aliphatic heterocycles. The van der Waals surface area contributed by atoms with Crippen molar-refractivity contribution in [3.05, 3.63) is 84.3 Å². The summed E-state index contributed by atoms with van der Waals surface area (Å²) in [6.45, 7) is 1.31. The van der Waals surface area contributed by atoms with Gasteiger partial charge in [-0.1, -0.05) is 24.3 Å². The first-order chi connectivity index (χ1) is 16.1. The molecule has 8 heteroatoms.